The van der Waals surface area contributed by atoms with Crippen LogP contribution in [-0.4, -0.2) is 35.2 Å². The van der Waals surface area contributed by atoms with Crippen LogP contribution in [0.1, 0.15) is 29.5 Å². The normalized spacial score (nSPS) is 29.7. The highest BCUT2D eigenvalue weighted by Gasteiger charge is 2.74. The molecule has 4 aliphatic rings. The second-order valence-corrected chi connectivity index (χ2v) is 10.2. The minimum absolute atomic E-state index is 0.211. The summed E-state index contributed by atoms with van der Waals surface area (Å²) < 4.78 is 40.5. The van der Waals surface area contributed by atoms with E-state index in [0.717, 1.165) is 17.4 Å². The first-order valence-corrected chi connectivity index (χ1v) is 11.9. The highest BCUT2D eigenvalue weighted by molar-refractivity contribution is 6.33. The summed E-state index contributed by atoms with van der Waals surface area (Å²) in [7, 11) is 0. The maximum absolute atomic E-state index is 13.9. The fourth-order valence-electron chi connectivity index (χ4n) is 6.51. The van der Waals surface area contributed by atoms with Gasteiger partial charge in [0.05, 0.1) is 33.8 Å². The Bertz CT molecular complexity index is 1350. The minimum Gasteiger partial charge on any atom is -0.324 e. The summed E-state index contributed by atoms with van der Waals surface area (Å²) in [6.45, 7) is 2.28. The molecule has 3 fully saturated rings. The summed E-state index contributed by atoms with van der Waals surface area (Å²) in [6, 6.07) is 5.93. The van der Waals surface area contributed by atoms with Crippen LogP contribution in [0, 0.1) is 18.8 Å². The van der Waals surface area contributed by atoms with Crippen LogP contribution in [0.5, 0.6) is 0 Å². The van der Waals surface area contributed by atoms with Crippen molar-refractivity contribution in [3.05, 3.63) is 57.1 Å². The number of fused-ring (bicyclic) bond motifs is 7. The summed E-state index contributed by atoms with van der Waals surface area (Å²) >= 11 is 12.0. The molecule has 0 aromatic heterocycles. The number of benzene rings is 2. The van der Waals surface area contributed by atoms with Crippen molar-refractivity contribution in [1.82, 2.24) is 4.90 Å². The monoisotopic (exact) mass is 523 g/mol. The average Bonchev–Trinajstić information content (AvgIpc) is 3.49. The second kappa shape index (κ2) is 7.21. The molecule has 11 heteroatoms. The first-order valence-electron chi connectivity index (χ1n) is 11.1. The Balaban J connectivity index is 1.53. The van der Waals surface area contributed by atoms with Gasteiger partial charge < -0.3 is 5.32 Å². The number of anilines is 2. The third-order valence-electron chi connectivity index (χ3n) is 7.88. The SMILES string of the molecule is Cc1c(Cl)ccc2c1NC(=O)C21C2C(=O)N(c3ccc(Cl)c(C(F)(F)F)c3)C(=O)C2C2CCCN21. The summed E-state index contributed by atoms with van der Waals surface area (Å²) in [5.41, 5.74) is -1.05. The van der Waals surface area contributed by atoms with Gasteiger partial charge in [0.1, 0.15) is 5.54 Å². The maximum atomic E-state index is 13.9. The molecule has 4 heterocycles. The molecule has 4 aliphatic heterocycles. The molecule has 0 bridgehead atoms. The van der Waals surface area contributed by atoms with Gasteiger partial charge in [0.25, 0.3) is 0 Å². The Kier molecular flexibility index (Phi) is 4.70. The fraction of sp³-hybridized carbons (Fsp3) is 0.375. The van der Waals surface area contributed by atoms with E-state index < -0.39 is 51.9 Å². The molecule has 6 rings (SSSR count). The van der Waals surface area contributed by atoms with Gasteiger partial charge in [0.15, 0.2) is 0 Å². The van der Waals surface area contributed by atoms with Gasteiger partial charge in [-0.25, -0.2) is 4.90 Å². The molecule has 3 saturated heterocycles. The van der Waals surface area contributed by atoms with Crippen LogP contribution in [0.4, 0.5) is 24.5 Å². The third kappa shape index (κ3) is 2.74. The lowest BCUT2D eigenvalue weighted by atomic mass is 9.75. The predicted molar refractivity (Wildman–Crippen MR) is 122 cm³/mol. The van der Waals surface area contributed by atoms with E-state index in [1.54, 1.807) is 19.1 Å². The fourth-order valence-corrected chi connectivity index (χ4v) is 6.90. The number of nitrogens with one attached hydrogen (secondary N) is 1. The van der Waals surface area contributed by atoms with Gasteiger partial charge in [0.2, 0.25) is 17.7 Å². The molecule has 6 nitrogen and oxygen atoms in total. The predicted octanol–water partition coefficient (Wildman–Crippen LogP) is 4.75. The van der Waals surface area contributed by atoms with E-state index in [0.29, 0.717) is 40.9 Å². The first kappa shape index (κ1) is 22.8. The third-order valence-corrected chi connectivity index (χ3v) is 8.61. The van der Waals surface area contributed by atoms with Crippen LogP contribution in [-0.2, 0) is 26.1 Å². The van der Waals surface area contributed by atoms with Gasteiger partial charge in [-0.05, 0) is 56.1 Å². The average molecular weight is 524 g/mol. The number of hydrogen-bond donors (Lipinski definition) is 1. The van der Waals surface area contributed by atoms with E-state index in [1.807, 2.05) is 4.90 Å². The van der Waals surface area contributed by atoms with Gasteiger partial charge in [0, 0.05) is 16.6 Å². The zero-order chi connectivity index (χ0) is 25.0. The van der Waals surface area contributed by atoms with Gasteiger partial charge >= 0.3 is 6.18 Å². The molecule has 0 aliphatic carbocycles. The summed E-state index contributed by atoms with van der Waals surface area (Å²) in [5, 5.41) is 2.79. The number of imide groups is 1. The summed E-state index contributed by atoms with van der Waals surface area (Å²) in [4.78, 5) is 44.0. The Labute approximate surface area is 208 Å². The molecule has 0 saturated carbocycles. The van der Waals surface area contributed by atoms with E-state index in [9.17, 15) is 27.6 Å². The van der Waals surface area contributed by atoms with Crippen LogP contribution < -0.4 is 10.2 Å². The lowest BCUT2D eigenvalue weighted by Crippen LogP contribution is -2.54. The lowest BCUT2D eigenvalue weighted by molar-refractivity contribution is -0.137. The number of halogens is 5. The van der Waals surface area contributed by atoms with Crippen molar-refractivity contribution in [3.8, 4) is 0 Å². The quantitative estimate of drug-likeness (QED) is 0.547. The highest BCUT2D eigenvalue weighted by Crippen LogP contribution is 2.61. The van der Waals surface area contributed by atoms with Gasteiger partial charge in [-0.3, -0.25) is 19.3 Å². The first-order chi connectivity index (χ1) is 16.5. The largest absolute Gasteiger partial charge is 0.417 e. The van der Waals surface area contributed by atoms with E-state index in [2.05, 4.69) is 5.32 Å². The number of nitrogens with zero attached hydrogens (tertiary/aromatic N) is 2. The van der Waals surface area contributed by atoms with Crippen molar-refractivity contribution in [3.63, 3.8) is 0 Å². The molecule has 0 radical (unpaired) electrons. The lowest BCUT2D eigenvalue weighted by Gasteiger charge is -2.36. The van der Waals surface area contributed by atoms with Crippen molar-refractivity contribution in [2.24, 2.45) is 11.8 Å². The van der Waals surface area contributed by atoms with E-state index in [-0.39, 0.29) is 11.7 Å². The van der Waals surface area contributed by atoms with Crippen molar-refractivity contribution >= 4 is 52.3 Å². The number of hydrogen-bond acceptors (Lipinski definition) is 4. The Morgan fingerprint density at radius 1 is 1.06 bits per heavy atom. The van der Waals surface area contributed by atoms with E-state index in [1.165, 1.54) is 6.07 Å². The molecule has 2 aromatic carbocycles. The number of rotatable bonds is 1. The zero-order valence-electron chi connectivity index (χ0n) is 18.2. The maximum Gasteiger partial charge on any atom is 0.417 e. The summed E-state index contributed by atoms with van der Waals surface area (Å²) in [5.74, 6) is -3.65. The van der Waals surface area contributed by atoms with Crippen molar-refractivity contribution in [1.29, 1.82) is 0 Å². The topological polar surface area (TPSA) is 69.7 Å². The number of amides is 3. The van der Waals surface area contributed by atoms with E-state index >= 15 is 0 Å². The smallest absolute Gasteiger partial charge is 0.324 e. The molecule has 1 N–H and O–H groups in total. The van der Waals surface area contributed by atoms with Crippen LogP contribution in [0.25, 0.3) is 0 Å². The standard InChI is InChI=1S/C24H18Cl2F3N3O3/c1-10-14(25)7-5-12-19(10)30-22(35)23(12)18-17(16-3-2-8-31(16)23)20(33)32(21(18)34)11-4-6-15(26)13(9-11)24(27,28)29/h4-7,9,16-18H,2-3,8H2,1H3,(H,30,35). The molecule has 4 atom stereocenters. The second-order valence-electron chi connectivity index (χ2n) is 9.40. The van der Waals surface area contributed by atoms with Crippen LogP contribution in [0.15, 0.2) is 30.3 Å². The number of carbonyl (C=O) groups excluding carboxylic acids is 3. The van der Waals surface area contributed by atoms with Crippen molar-refractivity contribution < 1.29 is 27.6 Å². The molecule has 2 aromatic rings. The minimum atomic E-state index is -4.76. The van der Waals surface area contributed by atoms with Crippen molar-refractivity contribution in [2.45, 2.75) is 37.5 Å². The Hall–Kier alpha value is -2.62. The number of carbonyl (C=O) groups is 3. The Morgan fingerprint density at radius 3 is 2.49 bits per heavy atom. The summed E-state index contributed by atoms with van der Waals surface area (Å²) in [6.07, 6.45) is -3.44. The van der Waals surface area contributed by atoms with Gasteiger partial charge in [-0.15, -0.1) is 0 Å². The molecular formula is C24H18Cl2F3N3O3. The molecule has 1 spiro atoms. The molecule has 4 unspecified atom stereocenters. The van der Waals surface area contributed by atoms with Crippen LogP contribution in [0.3, 0.4) is 0 Å². The van der Waals surface area contributed by atoms with Gasteiger partial charge in [-0.2, -0.15) is 13.2 Å². The molecule has 35 heavy (non-hydrogen) atoms. The van der Waals surface area contributed by atoms with Gasteiger partial charge in [-0.1, -0.05) is 29.3 Å². The van der Waals surface area contributed by atoms with Crippen LogP contribution in [0.2, 0.25) is 10.0 Å². The molecular weight excluding hydrogens is 506 g/mol. The van der Waals surface area contributed by atoms with Crippen LogP contribution >= 0.6 is 23.2 Å². The van der Waals surface area contributed by atoms with Crippen molar-refractivity contribution in [2.75, 3.05) is 16.8 Å². The molecule has 182 valence electrons. The molecule has 3 amide bonds. The Morgan fingerprint density at radius 2 is 1.77 bits per heavy atom. The van der Waals surface area contributed by atoms with E-state index in [4.69, 9.17) is 23.2 Å². The highest BCUT2D eigenvalue weighted by atomic mass is 35.5. The zero-order valence-corrected chi connectivity index (χ0v) is 19.8. The number of alkyl halides is 3.